The molecule has 8 heteroatoms. The van der Waals surface area contributed by atoms with Crippen LogP contribution in [0.2, 0.25) is 0 Å². The maximum Gasteiger partial charge on any atom is 0.407 e. The van der Waals surface area contributed by atoms with Crippen LogP contribution in [0.15, 0.2) is 114 Å². The van der Waals surface area contributed by atoms with Gasteiger partial charge in [-0.1, -0.05) is 91.0 Å². The predicted molar refractivity (Wildman–Crippen MR) is 172 cm³/mol. The molecule has 3 unspecified atom stereocenters. The summed E-state index contributed by atoms with van der Waals surface area (Å²) in [6, 6.07) is 35.5. The number of amides is 1. The fourth-order valence-corrected chi connectivity index (χ4v) is 6.48. The normalized spacial score (nSPS) is 17.5. The first-order valence-electron chi connectivity index (χ1n) is 15.2. The third-order valence-corrected chi connectivity index (χ3v) is 8.80. The van der Waals surface area contributed by atoms with Crippen molar-refractivity contribution >= 4 is 17.1 Å². The molecule has 1 aliphatic rings. The Hall–Kier alpha value is -4.82. The van der Waals surface area contributed by atoms with Gasteiger partial charge in [0.05, 0.1) is 17.1 Å². The van der Waals surface area contributed by atoms with Gasteiger partial charge in [-0.15, -0.1) is 0 Å². The standard InChI is InChI=1S/C36H38N4O4/c1-26(33-22-30(20-21-39(33)36(42)43)40-32-18-10-9-17-31(32)37-35(40)41)38(23-27-12-4-2-5-13-27)24-29-16-8-11-19-34(29)44-25-28-14-6-3-7-15-28/h2-19,26,30,33H,20-25H2,1H3,(H,37,41)(H,42,43). The average Bonchev–Trinajstić information content (AvgIpc) is 3.40. The summed E-state index contributed by atoms with van der Waals surface area (Å²) < 4.78 is 8.13. The molecule has 5 aromatic rings. The lowest BCUT2D eigenvalue weighted by molar-refractivity contribution is 0.0370. The molecule has 4 aromatic carbocycles. The van der Waals surface area contributed by atoms with Gasteiger partial charge in [0.25, 0.3) is 0 Å². The van der Waals surface area contributed by atoms with E-state index in [0.717, 1.165) is 33.5 Å². The molecule has 1 saturated heterocycles. The Morgan fingerprint density at radius 2 is 1.57 bits per heavy atom. The summed E-state index contributed by atoms with van der Waals surface area (Å²) in [6.07, 6.45) is 0.177. The number of likely N-dealkylation sites (tertiary alicyclic amines) is 1. The van der Waals surface area contributed by atoms with E-state index in [1.165, 1.54) is 0 Å². The summed E-state index contributed by atoms with van der Waals surface area (Å²) >= 11 is 0. The Bertz CT molecular complexity index is 1750. The van der Waals surface area contributed by atoms with Crippen molar-refractivity contribution in [3.63, 3.8) is 0 Å². The van der Waals surface area contributed by atoms with Crippen LogP contribution in [0.3, 0.4) is 0 Å². The number of nitrogens with zero attached hydrogens (tertiary/aromatic N) is 3. The van der Waals surface area contributed by atoms with Crippen molar-refractivity contribution < 1.29 is 14.6 Å². The molecule has 0 bridgehead atoms. The van der Waals surface area contributed by atoms with Crippen LogP contribution < -0.4 is 10.4 Å². The Kier molecular flexibility index (Phi) is 8.79. The fourth-order valence-electron chi connectivity index (χ4n) is 6.48. The smallest absolute Gasteiger partial charge is 0.407 e. The molecule has 0 spiro atoms. The summed E-state index contributed by atoms with van der Waals surface area (Å²) in [5, 5.41) is 10.3. The van der Waals surface area contributed by atoms with Crippen molar-refractivity contribution in [2.45, 2.75) is 57.6 Å². The number of rotatable bonds is 10. The van der Waals surface area contributed by atoms with Crippen molar-refractivity contribution in [2.75, 3.05) is 6.54 Å². The minimum absolute atomic E-state index is 0.123. The topological polar surface area (TPSA) is 90.8 Å². The molecule has 1 aromatic heterocycles. The van der Waals surface area contributed by atoms with Gasteiger partial charge in [-0.05, 0) is 49.1 Å². The van der Waals surface area contributed by atoms with Crippen LogP contribution in [0, 0.1) is 0 Å². The van der Waals surface area contributed by atoms with Gasteiger partial charge in [0.1, 0.15) is 12.4 Å². The fraction of sp³-hybridized carbons (Fsp3) is 0.278. The number of ether oxygens (including phenoxy) is 1. The van der Waals surface area contributed by atoms with Crippen LogP contribution in [-0.2, 0) is 19.7 Å². The number of aromatic amines is 1. The minimum Gasteiger partial charge on any atom is -0.489 e. The molecular formula is C36H38N4O4. The molecule has 0 saturated carbocycles. The number of benzene rings is 4. The van der Waals surface area contributed by atoms with Gasteiger partial charge in [0.2, 0.25) is 0 Å². The molecule has 226 valence electrons. The molecular weight excluding hydrogens is 552 g/mol. The van der Waals surface area contributed by atoms with Crippen molar-refractivity contribution in [3.05, 3.63) is 136 Å². The van der Waals surface area contributed by atoms with Gasteiger partial charge in [0.15, 0.2) is 0 Å². The van der Waals surface area contributed by atoms with E-state index < -0.39 is 6.09 Å². The van der Waals surface area contributed by atoms with Crippen LogP contribution in [0.4, 0.5) is 4.79 Å². The van der Waals surface area contributed by atoms with Gasteiger partial charge >= 0.3 is 11.8 Å². The second-order valence-electron chi connectivity index (χ2n) is 11.6. The monoisotopic (exact) mass is 590 g/mol. The number of nitrogens with one attached hydrogen (secondary N) is 1. The maximum absolute atomic E-state index is 13.1. The molecule has 44 heavy (non-hydrogen) atoms. The highest BCUT2D eigenvalue weighted by Gasteiger charge is 2.39. The van der Waals surface area contributed by atoms with Crippen LogP contribution >= 0.6 is 0 Å². The molecule has 0 radical (unpaired) electrons. The lowest BCUT2D eigenvalue weighted by Crippen LogP contribution is -2.55. The van der Waals surface area contributed by atoms with Crippen LogP contribution in [0.25, 0.3) is 11.0 Å². The Morgan fingerprint density at radius 1 is 0.909 bits per heavy atom. The number of hydrogen-bond donors (Lipinski definition) is 2. The van der Waals surface area contributed by atoms with E-state index in [4.69, 9.17) is 4.74 Å². The number of piperidine rings is 1. The zero-order valence-corrected chi connectivity index (χ0v) is 24.9. The lowest BCUT2D eigenvalue weighted by Gasteiger charge is -2.44. The zero-order chi connectivity index (χ0) is 30.5. The van der Waals surface area contributed by atoms with E-state index in [-0.39, 0.29) is 23.8 Å². The van der Waals surface area contributed by atoms with E-state index in [1.54, 1.807) is 4.90 Å². The molecule has 0 aliphatic carbocycles. The van der Waals surface area contributed by atoms with E-state index in [9.17, 15) is 14.7 Å². The number of imidazole rings is 1. The maximum atomic E-state index is 13.1. The zero-order valence-electron chi connectivity index (χ0n) is 24.9. The highest BCUT2D eigenvalue weighted by molar-refractivity contribution is 5.75. The molecule has 3 atom stereocenters. The summed E-state index contributed by atoms with van der Waals surface area (Å²) in [5.74, 6) is 0.809. The average molecular weight is 591 g/mol. The van der Waals surface area contributed by atoms with Gasteiger partial charge in [-0.3, -0.25) is 9.47 Å². The van der Waals surface area contributed by atoms with E-state index in [0.29, 0.717) is 39.1 Å². The molecule has 8 nitrogen and oxygen atoms in total. The molecule has 2 N–H and O–H groups in total. The van der Waals surface area contributed by atoms with Crippen LogP contribution in [-0.4, -0.2) is 49.2 Å². The third kappa shape index (κ3) is 6.40. The number of H-pyrrole nitrogens is 1. The highest BCUT2D eigenvalue weighted by atomic mass is 16.5. The Balaban J connectivity index is 1.30. The molecule has 6 rings (SSSR count). The lowest BCUT2D eigenvalue weighted by atomic mass is 9.91. The molecule has 2 heterocycles. The Morgan fingerprint density at radius 3 is 2.32 bits per heavy atom. The second-order valence-corrected chi connectivity index (χ2v) is 11.6. The van der Waals surface area contributed by atoms with Gasteiger partial charge < -0.3 is 19.7 Å². The first-order valence-corrected chi connectivity index (χ1v) is 15.2. The van der Waals surface area contributed by atoms with Crippen molar-refractivity contribution in [2.24, 2.45) is 0 Å². The first-order chi connectivity index (χ1) is 21.5. The van der Waals surface area contributed by atoms with E-state index >= 15 is 0 Å². The molecule has 1 fully saturated rings. The van der Waals surface area contributed by atoms with Gasteiger partial charge in [-0.2, -0.15) is 0 Å². The summed E-state index contributed by atoms with van der Waals surface area (Å²) in [7, 11) is 0. The summed E-state index contributed by atoms with van der Waals surface area (Å²) in [4.78, 5) is 32.5. The Labute approximate surface area is 257 Å². The third-order valence-electron chi connectivity index (χ3n) is 8.80. The number of carbonyl (C=O) groups is 1. The predicted octanol–water partition coefficient (Wildman–Crippen LogP) is 6.68. The van der Waals surface area contributed by atoms with Crippen LogP contribution in [0.1, 0.15) is 42.5 Å². The van der Waals surface area contributed by atoms with Gasteiger partial charge in [0, 0.05) is 37.3 Å². The second kappa shape index (κ2) is 13.2. The largest absolute Gasteiger partial charge is 0.489 e. The van der Waals surface area contributed by atoms with Gasteiger partial charge in [-0.25, -0.2) is 9.59 Å². The number of hydrogen-bond acceptors (Lipinski definition) is 4. The summed E-state index contributed by atoms with van der Waals surface area (Å²) in [5.41, 5.74) is 4.76. The number of aromatic nitrogens is 2. The van der Waals surface area contributed by atoms with E-state index in [2.05, 4.69) is 35.0 Å². The van der Waals surface area contributed by atoms with Crippen molar-refractivity contribution in [1.29, 1.82) is 0 Å². The van der Waals surface area contributed by atoms with Crippen molar-refractivity contribution in [3.8, 4) is 5.75 Å². The first kappa shape index (κ1) is 29.3. The van der Waals surface area contributed by atoms with E-state index in [1.807, 2.05) is 95.6 Å². The number of carboxylic acid groups (broad SMARTS) is 1. The van der Waals surface area contributed by atoms with Crippen molar-refractivity contribution in [1.82, 2.24) is 19.4 Å². The molecule has 1 amide bonds. The highest BCUT2D eigenvalue weighted by Crippen LogP contribution is 2.33. The quantitative estimate of drug-likeness (QED) is 0.189. The summed E-state index contributed by atoms with van der Waals surface area (Å²) in [6.45, 7) is 4.14. The number of fused-ring (bicyclic) bond motifs is 1. The number of para-hydroxylation sites is 3. The van der Waals surface area contributed by atoms with Crippen LogP contribution in [0.5, 0.6) is 5.75 Å². The SMILES string of the molecule is CC(C1CC(n2c(=O)[nH]c3ccccc32)CCN1C(=O)O)N(Cc1ccccc1)Cc1ccccc1OCc1ccccc1. The minimum atomic E-state index is -0.933. The molecule has 1 aliphatic heterocycles.